The zero-order valence-electron chi connectivity index (χ0n) is 16.1. The molecule has 0 aliphatic rings. The molecule has 0 saturated heterocycles. The van der Waals surface area contributed by atoms with E-state index in [0.29, 0.717) is 0 Å². The summed E-state index contributed by atoms with van der Waals surface area (Å²) in [6, 6.07) is 26.1. The lowest BCUT2D eigenvalue weighted by Gasteiger charge is -2.24. The molecule has 3 aromatic rings. The number of hydrogen-bond acceptors (Lipinski definition) is 2. The number of nitrogens with one attached hydrogen (secondary N) is 2. The second-order valence-electron chi connectivity index (χ2n) is 6.90. The molecular formula is C24H26N2O. The van der Waals surface area contributed by atoms with Gasteiger partial charge >= 0.3 is 0 Å². The Labute approximate surface area is 161 Å². The van der Waals surface area contributed by atoms with Crippen molar-refractivity contribution in [1.29, 1.82) is 0 Å². The van der Waals surface area contributed by atoms with Gasteiger partial charge in [0.05, 0.1) is 12.1 Å². The van der Waals surface area contributed by atoms with Crippen LogP contribution in [0.1, 0.15) is 35.2 Å². The minimum absolute atomic E-state index is 0.0377. The van der Waals surface area contributed by atoms with Crippen LogP contribution < -0.4 is 10.6 Å². The van der Waals surface area contributed by atoms with Gasteiger partial charge in [-0.1, -0.05) is 78.9 Å². The van der Waals surface area contributed by atoms with Gasteiger partial charge in [-0.3, -0.25) is 10.1 Å². The number of para-hydroxylation sites is 1. The maximum atomic E-state index is 12.8. The van der Waals surface area contributed by atoms with Crippen LogP contribution in [-0.2, 0) is 4.79 Å². The van der Waals surface area contributed by atoms with Crippen LogP contribution in [0.5, 0.6) is 0 Å². The summed E-state index contributed by atoms with van der Waals surface area (Å²) in [5.41, 5.74) is 5.30. The number of carbonyl (C=O) groups excluding carboxylic acids is 1. The second kappa shape index (κ2) is 8.65. The van der Waals surface area contributed by atoms with Gasteiger partial charge in [-0.25, -0.2) is 0 Å². The first kappa shape index (κ1) is 18.9. The summed E-state index contributed by atoms with van der Waals surface area (Å²) in [6.45, 7) is 5.93. The first-order chi connectivity index (χ1) is 13.1. The molecule has 0 heterocycles. The van der Waals surface area contributed by atoms with Crippen LogP contribution in [0.25, 0.3) is 0 Å². The van der Waals surface area contributed by atoms with Crippen LogP contribution in [0.15, 0.2) is 78.9 Å². The highest BCUT2D eigenvalue weighted by atomic mass is 16.2. The van der Waals surface area contributed by atoms with Crippen LogP contribution in [0.3, 0.4) is 0 Å². The number of hydrogen-bond donors (Lipinski definition) is 2. The molecule has 138 valence electrons. The SMILES string of the molecule is Cc1cccc(C)c1NC(=O)C(C)NC(c1ccccc1)c1ccccc1. The number of rotatable bonds is 6. The Bertz CT molecular complexity index is 831. The number of carbonyl (C=O) groups is 1. The van der Waals surface area contributed by atoms with Gasteiger partial charge < -0.3 is 5.32 Å². The molecule has 1 atom stereocenters. The summed E-state index contributed by atoms with van der Waals surface area (Å²) in [7, 11) is 0. The van der Waals surface area contributed by atoms with Gasteiger partial charge in [0.25, 0.3) is 0 Å². The van der Waals surface area contributed by atoms with Crippen LogP contribution in [-0.4, -0.2) is 11.9 Å². The van der Waals surface area contributed by atoms with E-state index in [1.54, 1.807) is 0 Å². The van der Waals surface area contributed by atoms with Gasteiger partial charge in [-0.15, -0.1) is 0 Å². The van der Waals surface area contributed by atoms with Crippen molar-refractivity contribution < 1.29 is 4.79 Å². The molecule has 0 saturated carbocycles. The highest BCUT2D eigenvalue weighted by molar-refractivity contribution is 5.96. The summed E-state index contributed by atoms with van der Waals surface area (Å²) in [6.07, 6.45) is 0. The summed E-state index contributed by atoms with van der Waals surface area (Å²) in [4.78, 5) is 12.8. The van der Waals surface area contributed by atoms with Crippen molar-refractivity contribution in [1.82, 2.24) is 5.32 Å². The number of aryl methyl sites for hydroxylation is 2. The Morgan fingerprint density at radius 2 is 1.22 bits per heavy atom. The molecule has 0 aliphatic carbocycles. The minimum Gasteiger partial charge on any atom is -0.324 e. The lowest BCUT2D eigenvalue weighted by molar-refractivity contribution is -0.117. The van der Waals surface area contributed by atoms with Crippen molar-refractivity contribution in [2.45, 2.75) is 32.9 Å². The largest absolute Gasteiger partial charge is 0.324 e. The molecule has 27 heavy (non-hydrogen) atoms. The van der Waals surface area contributed by atoms with E-state index in [1.807, 2.05) is 75.4 Å². The Balaban J connectivity index is 1.80. The number of benzene rings is 3. The van der Waals surface area contributed by atoms with E-state index in [4.69, 9.17) is 0 Å². The van der Waals surface area contributed by atoms with Crippen molar-refractivity contribution >= 4 is 11.6 Å². The average Bonchev–Trinajstić information content (AvgIpc) is 2.70. The highest BCUT2D eigenvalue weighted by Crippen LogP contribution is 2.23. The lowest BCUT2D eigenvalue weighted by atomic mass is 9.98. The second-order valence-corrected chi connectivity index (χ2v) is 6.90. The van der Waals surface area contributed by atoms with Gasteiger partial charge in [0.1, 0.15) is 0 Å². The highest BCUT2D eigenvalue weighted by Gasteiger charge is 2.21. The Morgan fingerprint density at radius 1 is 0.741 bits per heavy atom. The van der Waals surface area contributed by atoms with Crippen molar-refractivity contribution in [3.8, 4) is 0 Å². The molecule has 3 aromatic carbocycles. The van der Waals surface area contributed by atoms with E-state index in [1.165, 1.54) is 0 Å². The first-order valence-electron chi connectivity index (χ1n) is 9.29. The van der Waals surface area contributed by atoms with E-state index in [-0.39, 0.29) is 18.0 Å². The zero-order chi connectivity index (χ0) is 19.2. The zero-order valence-corrected chi connectivity index (χ0v) is 16.1. The molecule has 3 rings (SSSR count). The van der Waals surface area contributed by atoms with E-state index in [2.05, 4.69) is 34.9 Å². The molecule has 0 spiro atoms. The summed E-state index contributed by atoms with van der Waals surface area (Å²) in [5, 5.41) is 6.58. The number of anilines is 1. The predicted molar refractivity (Wildman–Crippen MR) is 112 cm³/mol. The Morgan fingerprint density at radius 3 is 1.70 bits per heavy atom. The smallest absolute Gasteiger partial charge is 0.241 e. The lowest BCUT2D eigenvalue weighted by Crippen LogP contribution is -2.40. The summed E-state index contributed by atoms with van der Waals surface area (Å²) in [5.74, 6) is -0.0377. The quantitative estimate of drug-likeness (QED) is 0.650. The number of amides is 1. The molecule has 1 unspecified atom stereocenters. The molecule has 2 N–H and O–H groups in total. The van der Waals surface area contributed by atoms with Gasteiger partial charge in [0.2, 0.25) is 5.91 Å². The fourth-order valence-electron chi connectivity index (χ4n) is 3.24. The van der Waals surface area contributed by atoms with Crippen LogP contribution in [0, 0.1) is 13.8 Å². The molecule has 3 heteroatoms. The van der Waals surface area contributed by atoms with Gasteiger partial charge in [0, 0.05) is 5.69 Å². The minimum atomic E-state index is -0.352. The third-order valence-electron chi connectivity index (χ3n) is 4.81. The molecule has 0 aromatic heterocycles. The van der Waals surface area contributed by atoms with Crippen molar-refractivity contribution in [2.75, 3.05) is 5.32 Å². The molecule has 3 nitrogen and oxygen atoms in total. The topological polar surface area (TPSA) is 41.1 Å². The van der Waals surface area contributed by atoms with E-state index in [9.17, 15) is 4.79 Å². The molecule has 0 bridgehead atoms. The summed E-state index contributed by atoms with van der Waals surface area (Å²) < 4.78 is 0. The van der Waals surface area contributed by atoms with Gasteiger partial charge in [0.15, 0.2) is 0 Å². The molecular weight excluding hydrogens is 332 g/mol. The van der Waals surface area contributed by atoms with E-state index >= 15 is 0 Å². The fourth-order valence-corrected chi connectivity index (χ4v) is 3.24. The van der Waals surface area contributed by atoms with Gasteiger partial charge in [-0.05, 0) is 43.0 Å². The van der Waals surface area contributed by atoms with Gasteiger partial charge in [-0.2, -0.15) is 0 Å². The Hall–Kier alpha value is -2.91. The van der Waals surface area contributed by atoms with Crippen molar-refractivity contribution in [3.63, 3.8) is 0 Å². The standard InChI is InChI=1S/C24H26N2O/c1-17-11-10-12-18(2)22(17)26-24(27)19(3)25-23(20-13-6-4-7-14-20)21-15-8-5-9-16-21/h4-16,19,23,25H,1-3H3,(H,26,27). The predicted octanol–water partition coefficient (Wildman–Crippen LogP) is 5.01. The Kier molecular flexibility index (Phi) is 6.05. The van der Waals surface area contributed by atoms with Crippen LogP contribution in [0.2, 0.25) is 0 Å². The molecule has 0 radical (unpaired) electrons. The molecule has 1 amide bonds. The van der Waals surface area contributed by atoms with E-state index in [0.717, 1.165) is 27.9 Å². The monoisotopic (exact) mass is 358 g/mol. The normalized spacial score (nSPS) is 12.0. The maximum absolute atomic E-state index is 12.8. The third kappa shape index (κ3) is 4.63. The van der Waals surface area contributed by atoms with Crippen LogP contribution in [0.4, 0.5) is 5.69 Å². The molecule has 0 aliphatic heterocycles. The molecule has 0 fully saturated rings. The first-order valence-corrected chi connectivity index (χ1v) is 9.29. The maximum Gasteiger partial charge on any atom is 0.241 e. The third-order valence-corrected chi connectivity index (χ3v) is 4.81. The summed E-state index contributed by atoms with van der Waals surface area (Å²) >= 11 is 0. The van der Waals surface area contributed by atoms with E-state index < -0.39 is 0 Å². The van der Waals surface area contributed by atoms with Crippen molar-refractivity contribution in [2.24, 2.45) is 0 Å². The fraction of sp³-hybridized carbons (Fsp3) is 0.208. The average molecular weight is 358 g/mol. The van der Waals surface area contributed by atoms with Crippen molar-refractivity contribution in [3.05, 3.63) is 101 Å². The van der Waals surface area contributed by atoms with Crippen LogP contribution >= 0.6 is 0 Å².